The minimum Gasteiger partial charge on any atom is -0.497 e. The van der Waals surface area contributed by atoms with Gasteiger partial charge < -0.3 is 42.6 Å². The fourth-order valence-electron chi connectivity index (χ4n) is 4.69. The van der Waals surface area contributed by atoms with E-state index in [2.05, 4.69) is 0 Å². The van der Waals surface area contributed by atoms with Gasteiger partial charge in [-0.15, -0.1) is 0 Å². The Balaban J connectivity index is 1.18. The minimum absolute atomic E-state index is 0.311. The molecule has 2 aromatic rings. The standard InChI is InChI=1S/C31H40O9/c1-28(2)36-18-30(19-37-28,15-34-16-31-20-38-29(3,39-21-31)40-22-31)17-35-25-10-8-23(9-11-25)6-7-24-12-26(32-4)14-27(13-24)33-5/h6-14H,15-22H2,1-5H3/b7-6+. The third-order valence-corrected chi connectivity index (χ3v) is 7.46. The summed E-state index contributed by atoms with van der Waals surface area (Å²) in [5, 5.41) is 0. The SMILES string of the molecule is COc1cc(/C=C/c2ccc(OCC3(COCC45COC(C)(OC4)OC5)COC(C)(C)OC3)cc2)cc(OC)c1. The molecule has 4 fully saturated rings. The molecule has 0 spiro atoms. The highest BCUT2D eigenvalue weighted by atomic mass is 16.9. The van der Waals surface area contributed by atoms with Crippen molar-refractivity contribution >= 4 is 12.2 Å². The second kappa shape index (κ2) is 11.7. The van der Waals surface area contributed by atoms with Crippen LogP contribution in [0.15, 0.2) is 42.5 Å². The van der Waals surface area contributed by atoms with Gasteiger partial charge in [0.05, 0.1) is 71.3 Å². The summed E-state index contributed by atoms with van der Waals surface area (Å²) in [6, 6.07) is 13.7. The van der Waals surface area contributed by atoms with Crippen LogP contribution in [-0.4, -0.2) is 78.8 Å². The van der Waals surface area contributed by atoms with Crippen molar-refractivity contribution in [2.45, 2.75) is 32.5 Å². The largest absolute Gasteiger partial charge is 0.497 e. The van der Waals surface area contributed by atoms with Crippen molar-refractivity contribution in [1.82, 2.24) is 0 Å². The first-order chi connectivity index (χ1) is 19.1. The molecule has 9 nitrogen and oxygen atoms in total. The maximum absolute atomic E-state index is 6.24. The lowest BCUT2D eigenvalue weighted by atomic mass is 9.88. The van der Waals surface area contributed by atoms with Crippen LogP contribution >= 0.6 is 0 Å². The molecule has 0 unspecified atom stereocenters. The molecule has 9 heteroatoms. The fourth-order valence-corrected chi connectivity index (χ4v) is 4.69. The Morgan fingerprint density at radius 3 is 1.80 bits per heavy atom. The number of benzene rings is 2. The quantitative estimate of drug-likeness (QED) is 0.363. The second-order valence-corrected chi connectivity index (χ2v) is 11.5. The van der Waals surface area contributed by atoms with Gasteiger partial charge in [-0.05, 0) is 49.2 Å². The van der Waals surface area contributed by atoms with Gasteiger partial charge in [0.15, 0.2) is 5.79 Å². The van der Waals surface area contributed by atoms with Crippen molar-refractivity contribution in [3.63, 3.8) is 0 Å². The number of hydrogen-bond donors (Lipinski definition) is 0. The summed E-state index contributed by atoms with van der Waals surface area (Å²) in [5.74, 6) is 0.679. The minimum atomic E-state index is -0.929. The van der Waals surface area contributed by atoms with Crippen molar-refractivity contribution in [3.8, 4) is 17.2 Å². The Hall–Kier alpha value is -2.66. The molecular weight excluding hydrogens is 516 g/mol. The number of ether oxygens (including phenoxy) is 9. The van der Waals surface area contributed by atoms with Crippen LogP contribution in [0.5, 0.6) is 17.2 Å². The molecule has 2 aromatic carbocycles. The van der Waals surface area contributed by atoms with E-state index >= 15 is 0 Å². The molecule has 4 aliphatic rings. The van der Waals surface area contributed by atoms with Crippen LogP contribution < -0.4 is 14.2 Å². The summed E-state index contributed by atoms with van der Waals surface area (Å²) in [6.45, 7) is 9.41. The lowest BCUT2D eigenvalue weighted by molar-refractivity contribution is -0.462. The predicted octanol–water partition coefficient (Wildman–Crippen LogP) is 4.78. The maximum Gasteiger partial charge on any atom is 0.279 e. The van der Waals surface area contributed by atoms with Crippen LogP contribution in [0.4, 0.5) is 0 Å². The summed E-state index contributed by atoms with van der Waals surface area (Å²) in [5.41, 5.74) is 1.25. The van der Waals surface area contributed by atoms with Crippen molar-refractivity contribution in [2.24, 2.45) is 10.8 Å². The average Bonchev–Trinajstić information content (AvgIpc) is 2.97. The van der Waals surface area contributed by atoms with Crippen LogP contribution in [0.25, 0.3) is 12.2 Å². The van der Waals surface area contributed by atoms with Crippen molar-refractivity contribution < 1.29 is 42.6 Å². The zero-order chi connectivity index (χ0) is 28.3. The highest BCUT2D eigenvalue weighted by molar-refractivity contribution is 5.71. The van der Waals surface area contributed by atoms with Crippen LogP contribution in [0, 0.1) is 10.8 Å². The summed E-state index contributed by atoms with van der Waals surface area (Å²) in [4.78, 5) is 0. The van der Waals surface area contributed by atoms with E-state index in [0.717, 1.165) is 28.4 Å². The Morgan fingerprint density at radius 1 is 0.650 bits per heavy atom. The van der Waals surface area contributed by atoms with E-state index in [4.69, 9.17) is 42.6 Å². The molecule has 4 heterocycles. The van der Waals surface area contributed by atoms with Crippen molar-refractivity contribution in [3.05, 3.63) is 53.6 Å². The van der Waals surface area contributed by atoms with E-state index in [-0.39, 0.29) is 5.41 Å². The van der Waals surface area contributed by atoms with Gasteiger partial charge >= 0.3 is 0 Å². The average molecular weight is 557 g/mol. The van der Waals surface area contributed by atoms with Crippen LogP contribution in [-0.2, 0) is 28.4 Å². The van der Waals surface area contributed by atoms with Gasteiger partial charge in [0.25, 0.3) is 5.97 Å². The molecule has 0 radical (unpaired) electrons. The summed E-state index contributed by atoms with van der Waals surface area (Å²) >= 11 is 0. The molecule has 0 aromatic heterocycles. The van der Waals surface area contributed by atoms with E-state index in [0.29, 0.717) is 52.9 Å². The highest BCUT2D eigenvalue weighted by Gasteiger charge is 2.51. The lowest BCUT2D eigenvalue weighted by Crippen LogP contribution is -2.60. The number of methoxy groups -OCH3 is 2. The molecule has 0 N–H and O–H groups in total. The number of hydrogen-bond acceptors (Lipinski definition) is 9. The van der Waals surface area contributed by atoms with Gasteiger partial charge in [0, 0.05) is 13.0 Å². The lowest BCUT2D eigenvalue weighted by Gasteiger charge is -2.50. The van der Waals surface area contributed by atoms with Gasteiger partial charge in [0.1, 0.15) is 23.9 Å². The van der Waals surface area contributed by atoms with Crippen LogP contribution in [0.3, 0.4) is 0 Å². The van der Waals surface area contributed by atoms with Crippen LogP contribution in [0.2, 0.25) is 0 Å². The topological polar surface area (TPSA) is 83.1 Å². The predicted molar refractivity (Wildman–Crippen MR) is 148 cm³/mol. The normalized spacial score (nSPS) is 27.0. The van der Waals surface area contributed by atoms with Gasteiger partial charge in [-0.25, -0.2) is 0 Å². The molecule has 40 heavy (non-hydrogen) atoms. The van der Waals surface area contributed by atoms with E-state index in [1.807, 2.05) is 68.5 Å². The molecule has 4 saturated heterocycles. The maximum atomic E-state index is 6.24. The first-order valence-corrected chi connectivity index (χ1v) is 13.6. The summed E-state index contributed by atoms with van der Waals surface area (Å²) in [7, 11) is 3.28. The molecule has 4 aliphatic heterocycles. The summed E-state index contributed by atoms with van der Waals surface area (Å²) < 4.78 is 52.4. The molecule has 0 amide bonds. The second-order valence-electron chi connectivity index (χ2n) is 11.5. The Labute approximate surface area is 236 Å². The molecule has 0 saturated carbocycles. The number of rotatable bonds is 11. The first kappa shape index (κ1) is 28.9. The van der Waals surface area contributed by atoms with E-state index in [1.165, 1.54) is 0 Å². The first-order valence-electron chi connectivity index (χ1n) is 13.6. The number of fused-ring (bicyclic) bond motifs is 3. The van der Waals surface area contributed by atoms with Gasteiger partial charge in [0.2, 0.25) is 0 Å². The third-order valence-electron chi connectivity index (χ3n) is 7.46. The van der Waals surface area contributed by atoms with Gasteiger partial charge in [-0.3, -0.25) is 0 Å². The monoisotopic (exact) mass is 556 g/mol. The summed E-state index contributed by atoms with van der Waals surface area (Å²) in [6.07, 6.45) is 4.05. The fraction of sp³-hybridized carbons (Fsp3) is 0.548. The molecule has 0 atom stereocenters. The molecule has 0 aliphatic carbocycles. The molecule has 6 rings (SSSR count). The molecule has 2 bridgehead atoms. The van der Waals surface area contributed by atoms with Gasteiger partial charge in [-0.1, -0.05) is 24.3 Å². The van der Waals surface area contributed by atoms with Crippen molar-refractivity contribution in [1.29, 1.82) is 0 Å². The molecular formula is C31H40O9. The smallest absolute Gasteiger partial charge is 0.279 e. The zero-order valence-corrected chi connectivity index (χ0v) is 24.0. The van der Waals surface area contributed by atoms with E-state index < -0.39 is 17.2 Å². The Kier molecular flexibility index (Phi) is 8.42. The van der Waals surface area contributed by atoms with Crippen molar-refractivity contribution in [2.75, 3.05) is 67.1 Å². The Morgan fingerprint density at radius 2 is 1.23 bits per heavy atom. The highest BCUT2D eigenvalue weighted by Crippen LogP contribution is 2.39. The van der Waals surface area contributed by atoms with E-state index in [9.17, 15) is 0 Å². The molecule has 218 valence electrons. The van der Waals surface area contributed by atoms with E-state index in [1.54, 1.807) is 21.1 Å². The Bertz CT molecular complexity index is 1120. The third kappa shape index (κ3) is 6.97. The van der Waals surface area contributed by atoms with Gasteiger partial charge in [-0.2, -0.15) is 0 Å². The zero-order valence-electron chi connectivity index (χ0n) is 24.0. The van der Waals surface area contributed by atoms with Crippen LogP contribution in [0.1, 0.15) is 31.9 Å².